The van der Waals surface area contributed by atoms with Crippen LogP contribution >= 0.6 is 0 Å². The van der Waals surface area contributed by atoms with Crippen molar-refractivity contribution in [2.45, 2.75) is 0 Å². The maximum Gasteiger partial charge on any atom is 0.148 e. The number of hydrogen-bond acceptors (Lipinski definition) is 3. The van der Waals surface area contributed by atoms with Gasteiger partial charge in [0.25, 0.3) is 0 Å². The lowest BCUT2D eigenvalue weighted by atomic mass is 10.0. The highest BCUT2D eigenvalue weighted by atomic mass is 15.2. The van der Waals surface area contributed by atoms with E-state index in [2.05, 4.69) is 51.9 Å². The van der Waals surface area contributed by atoms with Gasteiger partial charge in [-0.15, -0.1) is 10.2 Å². The number of hydrogen-bond donors (Lipinski definition) is 1. The first-order valence-electron chi connectivity index (χ1n) is 6.54. The maximum atomic E-state index is 4.21. The first-order chi connectivity index (χ1) is 9.86. The Balaban J connectivity index is 1.89. The van der Waals surface area contributed by atoms with Crippen LogP contribution < -0.4 is 5.32 Å². The van der Waals surface area contributed by atoms with Gasteiger partial charge in [0.15, 0.2) is 0 Å². The van der Waals surface area contributed by atoms with E-state index in [1.54, 1.807) is 0 Å². The third kappa shape index (κ3) is 2.52. The van der Waals surface area contributed by atoms with Gasteiger partial charge >= 0.3 is 0 Å². The van der Waals surface area contributed by atoms with Crippen molar-refractivity contribution in [2.24, 2.45) is 0 Å². The molecule has 0 aliphatic rings. The summed E-state index contributed by atoms with van der Waals surface area (Å²) in [6, 6.07) is 22.6. The lowest BCUT2D eigenvalue weighted by molar-refractivity contribution is 1.04. The second-order valence-electron chi connectivity index (χ2n) is 4.50. The van der Waals surface area contributed by atoms with Crippen molar-refractivity contribution in [2.75, 3.05) is 12.4 Å². The fourth-order valence-electron chi connectivity index (χ4n) is 2.08. The quantitative estimate of drug-likeness (QED) is 0.778. The monoisotopic (exact) mass is 261 g/mol. The highest BCUT2D eigenvalue weighted by Gasteiger charge is 2.02. The van der Waals surface area contributed by atoms with Crippen LogP contribution in [0.5, 0.6) is 0 Å². The van der Waals surface area contributed by atoms with E-state index >= 15 is 0 Å². The van der Waals surface area contributed by atoms with E-state index in [1.807, 2.05) is 37.4 Å². The number of nitrogens with zero attached hydrogens (tertiary/aromatic N) is 2. The van der Waals surface area contributed by atoms with Crippen LogP contribution in [-0.4, -0.2) is 17.2 Å². The molecule has 0 amide bonds. The number of benzene rings is 2. The molecule has 0 aliphatic heterocycles. The summed E-state index contributed by atoms with van der Waals surface area (Å²) in [5.41, 5.74) is 4.37. The third-order valence-electron chi connectivity index (χ3n) is 3.21. The molecule has 3 rings (SSSR count). The molecule has 1 heterocycles. The summed E-state index contributed by atoms with van der Waals surface area (Å²) >= 11 is 0. The van der Waals surface area contributed by atoms with Crippen molar-refractivity contribution in [1.29, 1.82) is 0 Å². The van der Waals surface area contributed by atoms with Gasteiger partial charge in [0.1, 0.15) is 5.82 Å². The summed E-state index contributed by atoms with van der Waals surface area (Å²) in [6.07, 6.45) is 0. The Bertz CT molecular complexity index is 674. The zero-order chi connectivity index (χ0) is 13.8. The molecule has 20 heavy (non-hydrogen) atoms. The summed E-state index contributed by atoms with van der Waals surface area (Å²) < 4.78 is 0. The van der Waals surface area contributed by atoms with Crippen molar-refractivity contribution in [3.8, 4) is 22.4 Å². The largest absolute Gasteiger partial charge is 0.372 e. The van der Waals surface area contributed by atoms with Crippen LogP contribution in [0.25, 0.3) is 22.4 Å². The van der Waals surface area contributed by atoms with Crippen molar-refractivity contribution >= 4 is 5.82 Å². The second kappa shape index (κ2) is 5.53. The second-order valence-corrected chi connectivity index (χ2v) is 4.50. The molecule has 0 saturated carbocycles. The van der Waals surface area contributed by atoms with Gasteiger partial charge in [-0.2, -0.15) is 0 Å². The van der Waals surface area contributed by atoms with E-state index in [0.29, 0.717) is 0 Å². The van der Waals surface area contributed by atoms with Crippen LogP contribution in [0.3, 0.4) is 0 Å². The molecule has 98 valence electrons. The molecule has 0 atom stereocenters. The van der Waals surface area contributed by atoms with Gasteiger partial charge in [0, 0.05) is 12.6 Å². The molecule has 3 heteroatoms. The van der Waals surface area contributed by atoms with Gasteiger partial charge in [-0.3, -0.25) is 0 Å². The predicted molar refractivity (Wildman–Crippen MR) is 82.5 cm³/mol. The first-order valence-corrected chi connectivity index (χ1v) is 6.54. The van der Waals surface area contributed by atoms with Crippen molar-refractivity contribution in [3.05, 3.63) is 66.7 Å². The third-order valence-corrected chi connectivity index (χ3v) is 3.21. The smallest absolute Gasteiger partial charge is 0.148 e. The van der Waals surface area contributed by atoms with Crippen LogP contribution in [-0.2, 0) is 0 Å². The molecule has 1 aromatic heterocycles. The molecule has 2 aromatic carbocycles. The maximum absolute atomic E-state index is 4.21. The van der Waals surface area contributed by atoms with Crippen LogP contribution in [0.1, 0.15) is 0 Å². The molecule has 3 aromatic rings. The minimum atomic E-state index is 0.773. The van der Waals surface area contributed by atoms with Gasteiger partial charge in [-0.1, -0.05) is 54.6 Å². The Morgan fingerprint density at radius 3 is 1.90 bits per heavy atom. The summed E-state index contributed by atoms with van der Waals surface area (Å²) in [7, 11) is 1.83. The van der Waals surface area contributed by atoms with Crippen molar-refractivity contribution < 1.29 is 0 Å². The molecule has 0 unspecified atom stereocenters. The van der Waals surface area contributed by atoms with Gasteiger partial charge in [-0.25, -0.2) is 0 Å². The number of rotatable bonds is 3. The Labute approximate surface area is 118 Å². The highest BCUT2D eigenvalue weighted by molar-refractivity contribution is 5.68. The SMILES string of the molecule is CNc1ccc(-c2ccc(-c3ccccc3)cc2)nn1. The summed E-state index contributed by atoms with van der Waals surface area (Å²) in [4.78, 5) is 0. The average molecular weight is 261 g/mol. The Morgan fingerprint density at radius 1 is 0.650 bits per heavy atom. The van der Waals surface area contributed by atoms with Gasteiger partial charge in [-0.05, 0) is 23.3 Å². The normalized spacial score (nSPS) is 10.2. The van der Waals surface area contributed by atoms with E-state index in [4.69, 9.17) is 0 Å². The molecule has 0 aliphatic carbocycles. The summed E-state index contributed by atoms with van der Waals surface area (Å²) in [6.45, 7) is 0. The summed E-state index contributed by atoms with van der Waals surface area (Å²) in [5, 5.41) is 11.3. The molecule has 1 N–H and O–H groups in total. The molecule has 0 fully saturated rings. The van der Waals surface area contributed by atoms with E-state index in [1.165, 1.54) is 11.1 Å². The number of aromatic nitrogens is 2. The zero-order valence-electron chi connectivity index (χ0n) is 11.2. The minimum absolute atomic E-state index is 0.773. The zero-order valence-corrected chi connectivity index (χ0v) is 11.2. The standard InChI is InChI=1S/C17H15N3/c1-18-17-12-11-16(19-20-17)15-9-7-14(8-10-15)13-5-3-2-4-6-13/h2-12H,1H3,(H,18,20). The Hall–Kier alpha value is -2.68. The fourth-order valence-corrected chi connectivity index (χ4v) is 2.08. The van der Waals surface area contributed by atoms with E-state index in [9.17, 15) is 0 Å². The Morgan fingerprint density at radius 2 is 1.30 bits per heavy atom. The fraction of sp³-hybridized carbons (Fsp3) is 0.0588. The van der Waals surface area contributed by atoms with Gasteiger partial charge in [0.05, 0.1) is 5.69 Å². The Kier molecular flexibility index (Phi) is 3.42. The first kappa shape index (κ1) is 12.4. The van der Waals surface area contributed by atoms with Crippen molar-refractivity contribution in [3.63, 3.8) is 0 Å². The minimum Gasteiger partial charge on any atom is -0.372 e. The van der Waals surface area contributed by atoms with Crippen LogP contribution in [0.2, 0.25) is 0 Å². The van der Waals surface area contributed by atoms with E-state index < -0.39 is 0 Å². The van der Waals surface area contributed by atoms with E-state index in [0.717, 1.165) is 17.1 Å². The molecule has 0 saturated heterocycles. The molecular weight excluding hydrogens is 246 g/mol. The highest BCUT2D eigenvalue weighted by Crippen LogP contribution is 2.23. The molecule has 0 bridgehead atoms. The van der Waals surface area contributed by atoms with Gasteiger partial charge in [0.2, 0.25) is 0 Å². The topological polar surface area (TPSA) is 37.8 Å². The molecule has 0 spiro atoms. The predicted octanol–water partition coefficient (Wildman–Crippen LogP) is 3.85. The number of anilines is 1. The van der Waals surface area contributed by atoms with Crippen LogP contribution in [0.4, 0.5) is 5.82 Å². The number of nitrogens with one attached hydrogen (secondary N) is 1. The molecular formula is C17H15N3. The average Bonchev–Trinajstić information content (AvgIpc) is 2.56. The van der Waals surface area contributed by atoms with E-state index in [-0.39, 0.29) is 0 Å². The van der Waals surface area contributed by atoms with Crippen LogP contribution in [0.15, 0.2) is 66.7 Å². The van der Waals surface area contributed by atoms with Gasteiger partial charge < -0.3 is 5.32 Å². The lowest BCUT2D eigenvalue weighted by Gasteiger charge is -2.04. The van der Waals surface area contributed by atoms with Crippen molar-refractivity contribution in [1.82, 2.24) is 10.2 Å². The molecule has 3 nitrogen and oxygen atoms in total. The summed E-state index contributed by atoms with van der Waals surface area (Å²) in [5.74, 6) is 0.773. The molecule has 0 radical (unpaired) electrons. The van der Waals surface area contributed by atoms with Crippen LogP contribution in [0, 0.1) is 0 Å². The lowest BCUT2D eigenvalue weighted by Crippen LogP contribution is -1.95.